The van der Waals surface area contributed by atoms with Crippen LogP contribution in [0.2, 0.25) is 0 Å². The van der Waals surface area contributed by atoms with Crippen LogP contribution < -0.4 is 15.0 Å². The number of anilines is 1. The van der Waals surface area contributed by atoms with Crippen molar-refractivity contribution in [2.24, 2.45) is 0 Å². The summed E-state index contributed by atoms with van der Waals surface area (Å²) in [6.07, 6.45) is 2.42. The average molecular weight is 464 g/mol. The fourth-order valence-electron chi connectivity index (χ4n) is 2.97. The van der Waals surface area contributed by atoms with E-state index < -0.39 is 22.6 Å². The van der Waals surface area contributed by atoms with E-state index in [4.69, 9.17) is 17.0 Å². The molecule has 0 saturated carbocycles. The number of nitro groups is 1. The van der Waals surface area contributed by atoms with Crippen molar-refractivity contribution in [3.63, 3.8) is 0 Å². The minimum Gasteiger partial charge on any atom is -0.439 e. The maximum Gasteiger partial charge on any atom is 0.287 e. The van der Waals surface area contributed by atoms with Crippen LogP contribution in [0.3, 0.4) is 0 Å². The van der Waals surface area contributed by atoms with E-state index in [1.54, 1.807) is 30.3 Å². The third-order valence-electron chi connectivity index (χ3n) is 4.54. The lowest BCUT2D eigenvalue weighted by molar-refractivity contribution is -0.385. The van der Waals surface area contributed by atoms with Crippen LogP contribution in [-0.2, 0) is 9.59 Å². The van der Waals surface area contributed by atoms with Crippen molar-refractivity contribution < 1.29 is 23.6 Å². The Morgan fingerprint density at radius 1 is 1.09 bits per heavy atom. The SMILES string of the molecule is O=C1NC(=S)N(c2ccccc2F)C(=O)/C1=C\c1ccc(Oc2ccc([N+](=O)[O-])cn2)cc1. The average Bonchev–Trinajstić information content (AvgIpc) is 2.79. The highest BCUT2D eigenvalue weighted by atomic mass is 32.1. The zero-order valence-corrected chi connectivity index (χ0v) is 17.4. The number of carbonyl (C=O) groups is 2. The first-order valence-corrected chi connectivity index (χ1v) is 9.78. The Labute approximate surface area is 191 Å². The smallest absolute Gasteiger partial charge is 0.287 e. The first kappa shape index (κ1) is 21.7. The molecule has 164 valence electrons. The molecule has 1 saturated heterocycles. The van der Waals surface area contributed by atoms with E-state index in [1.165, 1.54) is 36.4 Å². The number of benzene rings is 2. The monoisotopic (exact) mass is 464 g/mol. The molecule has 2 aromatic carbocycles. The second kappa shape index (κ2) is 8.93. The molecular weight excluding hydrogens is 451 g/mol. The zero-order chi connectivity index (χ0) is 23.5. The van der Waals surface area contributed by atoms with Gasteiger partial charge in [0, 0.05) is 12.1 Å². The molecular formula is C22H13FN4O5S. The summed E-state index contributed by atoms with van der Waals surface area (Å²) in [6, 6.07) is 14.5. The lowest BCUT2D eigenvalue weighted by Gasteiger charge is -2.29. The number of amides is 2. The van der Waals surface area contributed by atoms with Gasteiger partial charge in [-0.25, -0.2) is 14.3 Å². The number of nitrogens with one attached hydrogen (secondary N) is 1. The number of hydrogen-bond acceptors (Lipinski definition) is 7. The van der Waals surface area contributed by atoms with Crippen molar-refractivity contribution in [2.75, 3.05) is 4.90 Å². The van der Waals surface area contributed by atoms with Gasteiger partial charge in [0.1, 0.15) is 23.3 Å². The van der Waals surface area contributed by atoms with Crippen molar-refractivity contribution in [1.82, 2.24) is 10.3 Å². The Kier molecular flexibility index (Phi) is 5.87. The zero-order valence-electron chi connectivity index (χ0n) is 16.6. The van der Waals surface area contributed by atoms with Crippen LogP contribution in [0.4, 0.5) is 15.8 Å². The van der Waals surface area contributed by atoms with Crippen LogP contribution >= 0.6 is 12.2 Å². The lowest BCUT2D eigenvalue weighted by atomic mass is 10.1. The van der Waals surface area contributed by atoms with Gasteiger partial charge in [0.25, 0.3) is 17.5 Å². The number of ether oxygens (including phenoxy) is 1. The molecule has 3 aromatic rings. The van der Waals surface area contributed by atoms with E-state index in [1.807, 2.05) is 0 Å². The summed E-state index contributed by atoms with van der Waals surface area (Å²) in [4.78, 5) is 40.2. The topological polar surface area (TPSA) is 115 Å². The van der Waals surface area contributed by atoms with E-state index in [0.29, 0.717) is 11.3 Å². The molecule has 1 aromatic heterocycles. The molecule has 0 spiro atoms. The summed E-state index contributed by atoms with van der Waals surface area (Å²) in [7, 11) is 0. The quantitative estimate of drug-likeness (QED) is 0.201. The molecule has 0 unspecified atom stereocenters. The van der Waals surface area contributed by atoms with Crippen LogP contribution in [0.5, 0.6) is 11.6 Å². The van der Waals surface area contributed by atoms with Gasteiger partial charge in [-0.2, -0.15) is 0 Å². The molecule has 1 fully saturated rings. The third kappa shape index (κ3) is 4.57. The maximum absolute atomic E-state index is 14.2. The van der Waals surface area contributed by atoms with Crippen LogP contribution in [0.25, 0.3) is 6.08 Å². The first-order chi connectivity index (χ1) is 15.8. The summed E-state index contributed by atoms with van der Waals surface area (Å²) in [6.45, 7) is 0. The molecule has 1 N–H and O–H groups in total. The number of nitrogens with zero attached hydrogens (tertiary/aromatic N) is 3. The van der Waals surface area contributed by atoms with Gasteiger partial charge in [0.15, 0.2) is 5.11 Å². The predicted octanol–water partition coefficient (Wildman–Crippen LogP) is 3.75. The fraction of sp³-hybridized carbons (Fsp3) is 0. The van der Waals surface area contributed by atoms with Gasteiger partial charge in [-0.05, 0) is 48.1 Å². The van der Waals surface area contributed by atoms with Crippen molar-refractivity contribution >= 4 is 46.6 Å². The van der Waals surface area contributed by atoms with Crippen molar-refractivity contribution in [2.45, 2.75) is 0 Å². The second-order valence-electron chi connectivity index (χ2n) is 6.69. The van der Waals surface area contributed by atoms with Gasteiger partial charge in [-0.15, -0.1) is 0 Å². The number of para-hydroxylation sites is 1. The molecule has 0 aliphatic carbocycles. The second-order valence-corrected chi connectivity index (χ2v) is 7.08. The molecule has 33 heavy (non-hydrogen) atoms. The van der Waals surface area contributed by atoms with Gasteiger partial charge in [-0.3, -0.25) is 25.0 Å². The van der Waals surface area contributed by atoms with Gasteiger partial charge in [-0.1, -0.05) is 24.3 Å². The Morgan fingerprint density at radius 2 is 1.82 bits per heavy atom. The molecule has 0 radical (unpaired) electrons. The number of thiocarbonyl (C=S) groups is 1. The molecule has 2 amide bonds. The summed E-state index contributed by atoms with van der Waals surface area (Å²) < 4.78 is 19.8. The standard InChI is InChI=1S/C22H13FN4O5S/c23-17-3-1-2-4-18(17)26-21(29)16(20(28)25-22(26)33)11-13-5-8-15(9-6-13)32-19-10-7-14(12-24-19)27(30)31/h1-12H,(H,25,28,33)/b16-11-. The minimum absolute atomic E-state index is 0.0715. The summed E-state index contributed by atoms with van der Waals surface area (Å²) in [5, 5.41) is 12.9. The van der Waals surface area contributed by atoms with Crippen molar-refractivity contribution in [3.8, 4) is 11.6 Å². The number of aromatic nitrogens is 1. The van der Waals surface area contributed by atoms with E-state index in [9.17, 15) is 24.1 Å². The molecule has 1 aliphatic heterocycles. The Balaban J connectivity index is 1.55. The van der Waals surface area contributed by atoms with Crippen LogP contribution in [0.1, 0.15) is 5.56 Å². The lowest BCUT2D eigenvalue weighted by Crippen LogP contribution is -2.54. The van der Waals surface area contributed by atoms with Crippen LogP contribution in [0.15, 0.2) is 72.4 Å². The molecule has 1 aliphatic rings. The van der Waals surface area contributed by atoms with E-state index in [-0.39, 0.29) is 27.9 Å². The highest BCUT2D eigenvalue weighted by Gasteiger charge is 2.35. The first-order valence-electron chi connectivity index (χ1n) is 9.38. The van der Waals surface area contributed by atoms with E-state index in [0.717, 1.165) is 11.1 Å². The minimum atomic E-state index is -0.760. The summed E-state index contributed by atoms with van der Waals surface area (Å²) in [5.74, 6) is -1.59. The number of carbonyl (C=O) groups excluding carboxylic acids is 2. The fourth-order valence-corrected chi connectivity index (χ4v) is 3.24. The van der Waals surface area contributed by atoms with Crippen molar-refractivity contribution in [1.29, 1.82) is 0 Å². The third-order valence-corrected chi connectivity index (χ3v) is 4.82. The Morgan fingerprint density at radius 3 is 2.45 bits per heavy atom. The summed E-state index contributed by atoms with van der Waals surface area (Å²) in [5.41, 5.74) is 0.0396. The Bertz CT molecular complexity index is 1310. The largest absolute Gasteiger partial charge is 0.439 e. The molecule has 4 rings (SSSR count). The van der Waals surface area contributed by atoms with Crippen molar-refractivity contribution in [3.05, 3.63) is 93.9 Å². The van der Waals surface area contributed by atoms with Crippen LogP contribution in [-0.4, -0.2) is 26.8 Å². The summed E-state index contributed by atoms with van der Waals surface area (Å²) >= 11 is 5.06. The predicted molar refractivity (Wildman–Crippen MR) is 120 cm³/mol. The number of pyridine rings is 1. The molecule has 2 heterocycles. The van der Waals surface area contributed by atoms with Crippen LogP contribution in [0, 0.1) is 15.9 Å². The van der Waals surface area contributed by atoms with Gasteiger partial charge >= 0.3 is 0 Å². The number of hydrogen-bond donors (Lipinski definition) is 1. The van der Waals surface area contributed by atoms with Gasteiger partial charge < -0.3 is 4.74 Å². The molecule has 0 atom stereocenters. The van der Waals surface area contributed by atoms with E-state index in [2.05, 4.69) is 10.3 Å². The van der Waals surface area contributed by atoms with Gasteiger partial charge in [0.05, 0.1) is 10.6 Å². The Hall–Kier alpha value is -4.51. The molecule has 11 heteroatoms. The normalized spacial score (nSPS) is 14.9. The highest BCUT2D eigenvalue weighted by Crippen LogP contribution is 2.26. The highest BCUT2D eigenvalue weighted by molar-refractivity contribution is 7.80. The van der Waals surface area contributed by atoms with E-state index >= 15 is 0 Å². The number of rotatable bonds is 5. The molecule has 9 nitrogen and oxygen atoms in total. The number of halogens is 1. The van der Waals surface area contributed by atoms with Gasteiger partial charge in [0.2, 0.25) is 5.88 Å². The molecule has 0 bridgehead atoms. The maximum atomic E-state index is 14.2.